The van der Waals surface area contributed by atoms with Gasteiger partial charge in [-0.25, -0.2) is 4.98 Å². The zero-order valence-electron chi connectivity index (χ0n) is 13.1. The Bertz CT molecular complexity index is 1160. The molecular formula is C19H10ClF3N2O. The third-order valence-electron chi connectivity index (χ3n) is 4.07. The van der Waals surface area contributed by atoms with Crippen LogP contribution in [0.15, 0.2) is 60.7 Å². The maximum Gasteiger partial charge on any atom is 0.431 e. The Hall–Kier alpha value is -2.86. The Balaban J connectivity index is 2.05. The maximum atomic E-state index is 13.5. The van der Waals surface area contributed by atoms with E-state index in [9.17, 15) is 18.0 Å². The summed E-state index contributed by atoms with van der Waals surface area (Å²) in [5.74, 6) is -0.443. The van der Waals surface area contributed by atoms with Gasteiger partial charge in [-0.3, -0.25) is 9.20 Å². The van der Waals surface area contributed by atoms with Gasteiger partial charge in [0.1, 0.15) is 11.3 Å². The molecule has 130 valence electrons. The first kappa shape index (κ1) is 16.6. The van der Waals surface area contributed by atoms with E-state index in [1.54, 1.807) is 36.4 Å². The molecule has 0 aliphatic rings. The molecule has 0 spiro atoms. The SMILES string of the molecule is O=C(c1cccc(Cl)c1)c1ccc(C(F)(F)F)n2c1nc1ccccc12. The zero-order chi connectivity index (χ0) is 18.5. The molecule has 0 bridgehead atoms. The van der Waals surface area contributed by atoms with Crippen molar-refractivity contribution in [2.75, 3.05) is 0 Å². The molecule has 0 fully saturated rings. The fourth-order valence-electron chi connectivity index (χ4n) is 2.95. The van der Waals surface area contributed by atoms with Crippen molar-refractivity contribution in [3.05, 3.63) is 82.5 Å². The summed E-state index contributed by atoms with van der Waals surface area (Å²) in [5, 5.41) is 0.368. The molecule has 4 aromatic rings. The monoisotopic (exact) mass is 374 g/mol. The van der Waals surface area contributed by atoms with Crippen molar-refractivity contribution in [2.24, 2.45) is 0 Å². The average Bonchev–Trinajstić information content (AvgIpc) is 2.99. The summed E-state index contributed by atoms with van der Waals surface area (Å²) in [5.41, 5.74) is 0.109. The number of hydrogen-bond acceptors (Lipinski definition) is 2. The van der Waals surface area contributed by atoms with Crippen LogP contribution in [0.3, 0.4) is 0 Å². The van der Waals surface area contributed by atoms with Crippen LogP contribution in [0.4, 0.5) is 13.2 Å². The molecule has 0 aliphatic heterocycles. The van der Waals surface area contributed by atoms with Crippen molar-refractivity contribution in [1.82, 2.24) is 9.38 Å². The van der Waals surface area contributed by atoms with Gasteiger partial charge in [-0.05, 0) is 36.4 Å². The largest absolute Gasteiger partial charge is 0.431 e. The maximum absolute atomic E-state index is 13.5. The predicted molar refractivity (Wildman–Crippen MR) is 92.6 cm³/mol. The fourth-order valence-corrected chi connectivity index (χ4v) is 3.14. The van der Waals surface area contributed by atoms with E-state index in [1.807, 2.05) is 0 Å². The second kappa shape index (κ2) is 5.85. The third-order valence-corrected chi connectivity index (χ3v) is 4.31. The number of benzene rings is 2. The number of halogens is 4. The highest BCUT2D eigenvalue weighted by molar-refractivity contribution is 6.31. The van der Waals surface area contributed by atoms with Gasteiger partial charge < -0.3 is 0 Å². The second-order valence-electron chi connectivity index (χ2n) is 5.73. The second-order valence-corrected chi connectivity index (χ2v) is 6.17. The molecule has 2 heterocycles. The minimum atomic E-state index is -4.58. The molecule has 0 amide bonds. The lowest BCUT2D eigenvalue weighted by Crippen LogP contribution is -2.14. The quantitative estimate of drug-likeness (QED) is 0.441. The summed E-state index contributed by atoms with van der Waals surface area (Å²) in [6.07, 6.45) is -4.58. The van der Waals surface area contributed by atoms with Gasteiger partial charge >= 0.3 is 6.18 Å². The molecular weight excluding hydrogens is 365 g/mol. The lowest BCUT2D eigenvalue weighted by atomic mass is 10.0. The highest BCUT2D eigenvalue weighted by Gasteiger charge is 2.35. The molecule has 0 saturated heterocycles. The smallest absolute Gasteiger partial charge is 0.288 e. The minimum absolute atomic E-state index is 0.0361. The molecule has 2 aromatic heterocycles. The van der Waals surface area contributed by atoms with Gasteiger partial charge in [0.2, 0.25) is 0 Å². The lowest BCUT2D eigenvalue weighted by Gasteiger charge is -2.12. The van der Waals surface area contributed by atoms with Gasteiger partial charge in [-0.2, -0.15) is 13.2 Å². The number of fused-ring (bicyclic) bond motifs is 3. The van der Waals surface area contributed by atoms with Crippen LogP contribution in [0.1, 0.15) is 21.6 Å². The van der Waals surface area contributed by atoms with Crippen LogP contribution in [0.2, 0.25) is 5.02 Å². The fraction of sp³-hybridized carbons (Fsp3) is 0.0526. The van der Waals surface area contributed by atoms with Gasteiger partial charge in [0.15, 0.2) is 5.78 Å². The Labute approximate surface area is 150 Å². The van der Waals surface area contributed by atoms with Crippen molar-refractivity contribution in [1.29, 1.82) is 0 Å². The van der Waals surface area contributed by atoms with Gasteiger partial charge in [0, 0.05) is 10.6 Å². The van der Waals surface area contributed by atoms with E-state index in [0.717, 1.165) is 16.5 Å². The zero-order valence-corrected chi connectivity index (χ0v) is 13.8. The lowest BCUT2D eigenvalue weighted by molar-refractivity contribution is -0.141. The predicted octanol–water partition coefficient (Wildman–Crippen LogP) is 5.39. The standard InChI is InChI=1S/C19H10ClF3N2O/c20-12-5-3-4-11(10-12)17(26)13-8-9-16(19(21,22)23)25-15-7-2-1-6-14(15)24-18(13)25/h1-10H. The summed E-state index contributed by atoms with van der Waals surface area (Å²) in [4.78, 5) is 17.1. The number of ketones is 1. The van der Waals surface area contributed by atoms with Crippen LogP contribution in [-0.2, 0) is 6.18 Å². The summed E-state index contributed by atoms with van der Waals surface area (Å²) in [6.45, 7) is 0. The number of alkyl halides is 3. The molecule has 0 atom stereocenters. The van der Waals surface area contributed by atoms with Gasteiger partial charge in [-0.15, -0.1) is 0 Å². The van der Waals surface area contributed by atoms with E-state index in [0.29, 0.717) is 10.5 Å². The summed E-state index contributed by atoms with van der Waals surface area (Å²) < 4.78 is 41.4. The molecule has 7 heteroatoms. The van der Waals surface area contributed by atoms with E-state index in [2.05, 4.69) is 4.98 Å². The van der Waals surface area contributed by atoms with Crippen LogP contribution >= 0.6 is 11.6 Å². The van der Waals surface area contributed by atoms with Gasteiger partial charge in [0.05, 0.1) is 16.6 Å². The van der Waals surface area contributed by atoms with Gasteiger partial charge in [0.25, 0.3) is 0 Å². The number of rotatable bonds is 2. The molecule has 0 aliphatic carbocycles. The molecule has 0 N–H and O–H groups in total. The van der Waals surface area contributed by atoms with Crippen LogP contribution in [0.25, 0.3) is 16.7 Å². The van der Waals surface area contributed by atoms with Crippen LogP contribution in [-0.4, -0.2) is 15.2 Å². The molecule has 3 nitrogen and oxygen atoms in total. The Morgan fingerprint density at radius 2 is 1.77 bits per heavy atom. The van der Waals surface area contributed by atoms with Crippen LogP contribution in [0.5, 0.6) is 0 Å². The molecule has 0 saturated carbocycles. The summed E-state index contributed by atoms with van der Waals surface area (Å²) in [6, 6.07) is 14.8. The number of aromatic nitrogens is 2. The van der Waals surface area contributed by atoms with Gasteiger partial charge in [-0.1, -0.05) is 35.9 Å². The Kier molecular flexibility index (Phi) is 3.73. The Morgan fingerprint density at radius 1 is 1.00 bits per heavy atom. The van der Waals surface area contributed by atoms with Crippen LogP contribution < -0.4 is 0 Å². The highest BCUT2D eigenvalue weighted by Crippen LogP contribution is 2.33. The molecule has 4 rings (SSSR count). The molecule has 26 heavy (non-hydrogen) atoms. The highest BCUT2D eigenvalue weighted by atomic mass is 35.5. The number of pyridine rings is 1. The summed E-state index contributed by atoms with van der Waals surface area (Å²) in [7, 11) is 0. The van der Waals surface area contributed by atoms with E-state index in [-0.39, 0.29) is 22.3 Å². The topological polar surface area (TPSA) is 34.4 Å². The van der Waals surface area contributed by atoms with Crippen molar-refractivity contribution in [3.8, 4) is 0 Å². The number of carbonyl (C=O) groups is 1. The van der Waals surface area contributed by atoms with E-state index < -0.39 is 17.7 Å². The number of para-hydroxylation sites is 2. The van der Waals surface area contributed by atoms with Crippen LogP contribution in [0, 0.1) is 0 Å². The molecule has 0 unspecified atom stereocenters. The Morgan fingerprint density at radius 3 is 2.50 bits per heavy atom. The van der Waals surface area contributed by atoms with Crippen molar-refractivity contribution in [2.45, 2.75) is 6.18 Å². The third kappa shape index (κ3) is 2.63. The van der Waals surface area contributed by atoms with Crippen molar-refractivity contribution >= 4 is 34.1 Å². The van der Waals surface area contributed by atoms with Crippen molar-refractivity contribution in [3.63, 3.8) is 0 Å². The number of carbonyl (C=O) groups excluding carboxylic acids is 1. The summed E-state index contributed by atoms with van der Waals surface area (Å²) >= 11 is 5.92. The first-order chi connectivity index (χ1) is 12.4. The number of imidazole rings is 1. The molecule has 0 radical (unpaired) electrons. The van der Waals surface area contributed by atoms with E-state index >= 15 is 0 Å². The number of nitrogens with zero attached hydrogens (tertiary/aromatic N) is 2. The normalized spacial score (nSPS) is 12.0. The van der Waals surface area contributed by atoms with E-state index in [4.69, 9.17) is 11.6 Å². The number of hydrogen-bond donors (Lipinski definition) is 0. The molecule has 2 aromatic carbocycles. The minimum Gasteiger partial charge on any atom is -0.288 e. The average molecular weight is 375 g/mol. The van der Waals surface area contributed by atoms with Crippen molar-refractivity contribution < 1.29 is 18.0 Å². The van der Waals surface area contributed by atoms with E-state index in [1.165, 1.54) is 12.1 Å². The first-order valence-electron chi connectivity index (χ1n) is 7.64. The first-order valence-corrected chi connectivity index (χ1v) is 8.02.